The van der Waals surface area contributed by atoms with E-state index in [1.807, 2.05) is 40.7 Å². The molecule has 1 aliphatic rings. The summed E-state index contributed by atoms with van der Waals surface area (Å²) in [4.78, 5) is 12.6. The molecule has 224 valence electrons. The Kier molecular flexibility index (Phi) is 16.5. The predicted molar refractivity (Wildman–Crippen MR) is 169 cm³/mol. The molecule has 3 rings (SSSR count). The fourth-order valence-electron chi connectivity index (χ4n) is 4.40. The van der Waals surface area contributed by atoms with E-state index < -0.39 is 11.7 Å². The van der Waals surface area contributed by atoms with E-state index in [4.69, 9.17) is 9.98 Å². The molecule has 0 amide bonds. The third kappa shape index (κ3) is 11.1. The van der Waals surface area contributed by atoms with Gasteiger partial charge in [-0.15, -0.1) is 0 Å². The molecule has 1 N–H and O–H groups in total. The molecular weight excluding hydrogens is 529 g/mol. The molecule has 40 heavy (non-hydrogen) atoms. The molecule has 8 heteroatoms. The van der Waals surface area contributed by atoms with Crippen LogP contribution in [0.4, 0.5) is 18.3 Å². The van der Waals surface area contributed by atoms with E-state index in [9.17, 15) is 13.2 Å². The van der Waals surface area contributed by atoms with Gasteiger partial charge in [-0.05, 0) is 56.4 Å². The number of amidine groups is 1. The zero-order valence-corrected chi connectivity index (χ0v) is 26.3. The van der Waals surface area contributed by atoms with Crippen LogP contribution in [-0.4, -0.2) is 30.0 Å². The molecule has 0 atom stereocenters. The van der Waals surface area contributed by atoms with E-state index in [1.165, 1.54) is 42.7 Å². The number of nitrogens with one attached hydrogen (secondary N) is 1. The molecule has 1 saturated carbocycles. The van der Waals surface area contributed by atoms with Crippen molar-refractivity contribution in [1.82, 2.24) is 10.3 Å². The Balaban J connectivity index is 0.00000191. The number of rotatable bonds is 10. The van der Waals surface area contributed by atoms with Gasteiger partial charge in [-0.2, -0.15) is 13.2 Å². The average molecular weight is 579 g/mol. The zero-order chi connectivity index (χ0) is 30.1. The third-order valence-electron chi connectivity index (χ3n) is 6.16. The Morgan fingerprint density at radius 3 is 2.30 bits per heavy atom. The van der Waals surface area contributed by atoms with E-state index in [0.717, 1.165) is 60.7 Å². The number of hydrogen-bond donors (Lipinski definition) is 1. The maximum atomic E-state index is 13.4. The van der Waals surface area contributed by atoms with Crippen LogP contribution in [0.5, 0.6) is 0 Å². The molecule has 0 unspecified atom stereocenters. The van der Waals surface area contributed by atoms with Crippen molar-refractivity contribution < 1.29 is 13.2 Å². The van der Waals surface area contributed by atoms with Gasteiger partial charge in [0.05, 0.1) is 28.0 Å². The quantitative estimate of drug-likeness (QED) is 0.173. The minimum atomic E-state index is -4.42. The predicted octanol–water partition coefficient (Wildman–Crippen LogP) is 10.4. The van der Waals surface area contributed by atoms with Crippen molar-refractivity contribution in [2.75, 3.05) is 18.0 Å². The highest BCUT2D eigenvalue weighted by Crippen LogP contribution is 2.39. The third-order valence-corrected chi connectivity index (χ3v) is 7.35. The second kappa shape index (κ2) is 18.7. The van der Waals surface area contributed by atoms with Gasteiger partial charge in [0, 0.05) is 24.9 Å². The summed E-state index contributed by atoms with van der Waals surface area (Å²) in [6.07, 6.45) is 7.15. The summed E-state index contributed by atoms with van der Waals surface area (Å²) in [5, 5.41) is 4.03. The Morgan fingerprint density at radius 2 is 1.73 bits per heavy atom. The molecule has 0 spiro atoms. The van der Waals surface area contributed by atoms with Crippen molar-refractivity contribution in [3.63, 3.8) is 0 Å². The van der Waals surface area contributed by atoms with E-state index in [0.29, 0.717) is 22.9 Å². The van der Waals surface area contributed by atoms with Crippen molar-refractivity contribution in [1.29, 1.82) is 0 Å². The van der Waals surface area contributed by atoms with Crippen molar-refractivity contribution in [2.24, 2.45) is 4.99 Å². The highest BCUT2D eigenvalue weighted by Gasteiger charge is 2.31. The minimum absolute atomic E-state index is 0.377. The monoisotopic (exact) mass is 578 g/mol. The Bertz CT molecular complexity index is 1060. The average Bonchev–Trinajstić information content (AvgIpc) is 3.41. The molecule has 1 aromatic heterocycles. The van der Waals surface area contributed by atoms with Crippen molar-refractivity contribution in [3.05, 3.63) is 53.6 Å². The van der Waals surface area contributed by atoms with Crippen molar-refractivity contribution in [2.45, 2.75) is 106 Å². The van der Waals surface area contributed by atoms with Crippen LogP contribution in [0.1, 0.15) is 104 Å². The lowest BCUT2D eigenvalue weighted by Gasteiger charge is -2.20. The van der Waals surface area contributed by atoms with Gasteiger partial charge < -0.3 is 10.2 Å². The summed E-state index contributed by atoms with van der Waals surface area (Å²) in [6.45, 7) is 20.1. The van der Waals surface area contributed by atoms with Crippen LogP contribution in [0, 0.1) is 0 Å². The van der Waals surface area contributed by atoms with Gasteiger partial charge in [0.15, 0.2) is 5.13 Å². The first kappa shape index (κ1) is 35.4. The summed E-state index contributed by atoms with van der Waals surface area (Å²) in [5.41, 5.74) is 0.974. The van der Waals surface area contributed by atoms with Crippen LogP contribution in [0.15, 0.2) is 48.1 Å². The molecule has 0 radical (unpaired) electrons. The number of anilines is 1. The first-order valence-electron chi connectivity index (χ1n) is 14.8. The maximum Gasteiger partial charge on any atom is 0.416 e. The summed E-state index contributed by atoms with van der Waals surface area (Å²) in [7, 11) is 0. The summed E-state index contributed by atoms with van der Waals surface area (Å²) >= 11 is 1.48. The van der Waals surface area contributed by atoms with E-state index in [1.54, 1.807) is 12.3 Å². The summed E-state index contributed by atoms with van der Waals surface area (Å²) in [5.74, 6) is 0.853. The van der Waals surface area contributed by atoms with E-state index in [2.05, 4.69) is 30.6 Å². The fraction of sp³-hybridized carbons (Fsp3) is 0.562. The molecular formula is C32H49F3N4S. The number of thiazole rings is 1. The highest BCUT2D eigenvalue weighted by molar-refractivity contribution is 7.17. The highest BCUT2D eigenvalue weighted by atomic mass is 32.1. The smallest absolute Gasteiger partial charge is 0.351 e. The number of nitrogens with zero attached hydrogens (tertiary/aromatic N) is 3. The molecule has 1 aromatic carbocycles. The Morgan fingerprint density at radius 1 is 1.10 bits per heavy atom. The van der Waals surface area contributed by atoms with Crippen LogP contribution in [0.25, 0.3) is 16.8 Å². The van der Waals surface area contributed by atoms with Crippen LogP contribution < -0.4 is 10.2 Å². The number of allylic oxidation sites excluding steroid dienone is 2. The van der Waals surface area contributed by atoms with Crippen molar-refractivity contribution in [3.8, 4) is 11.3 Å². The summed E-state index contributed by atoms with van der Waals surface area (Å²) in [6, 6.07) is 5.74. The molecule has 4 nitrogen and oxygen atoms in total. The Labute approximate surface area is 244 Å². The van der Waals surface area contributed by atoms with Crippen LogP contribution >= 0.6 is 11.3 Å². The van der Waals surface area contributed by atoms with Gasteiger partial charge in [-0.25, -0.2) is 4.98 Å². The SMILES string of the molecule is C=C(/C=C\NC(C)=NC1CCCCC1)c1sc(N(CCC)CCC)nc1-c1cccc(C(F)(F)F)c1.CC.CC. The maximum absolute atomic E-state index is 13.4. The normalized spacial score (nSPS) is 14.2. The minimum Gasteiger partial charge on any atom is -0.351 e. The standard InChI is InChI=1S/C28H37F3N4S.2C2H6/c1-5-17-35(18-6-2)27-34-25(22-11-10-12-23(19-22)28(29,30)31)26(36-27)20(3)15-16-32-21(4)33-24-13-8-7-9-14-24;2*1-2/h10-12,15-16,19,24H,3,5-9,13-14,17-18H2,1-2,4H3,(H,32,33);2*1-2H3/b16-15-;;. The van der Waals surface area contributed by atoms with Gasteiger partial charge in [0.2, 0.25) is 0 Å². The lowest BCUT2D eigenvalue weighted by Crippen LogP contribution is -2.24. The van der Waals surface area contributed by atoms with Crippen LogP contribution in [0.3, 0.4) is 0 Å². The van der Waals surface area contributed by atoms with Gasteiger partial charge in [0.25, 0.3) is 0 Å². The largest absolute Gasteiger partial charge is 0.416 e. The zero-order valence-electron chi connectivity index (χ0n) is 25.5. The number of benzene rings is 1. The number of hydrogen-bond acceptors (Lipinski definition) is 4. The van der Waals surface area contributed by atoms with Gasteiger partial charge in [-0.3, -0.25) is 4.99 Å². The molecule has 1 aliphatic carbocycles. The van der Waals surface area contributed by atoms with Crippen LogP contribution in [-0.2, 0) is 6.18 Å². The Hall–Kier alpha value is -2.61. The van der Waals surface area contributed by atoms with Crippen LogP contribution in [0.2, 0.25) is 0 Å². The second-order valence-corrected chi connectivity index (χ2v) is 10.2. The van der Waals surface area contributed by atoms with Gasteiger partial charge in [0.1, 0.15) is 0 Å². The topological polar surface area (TPSA) is 40.5 Å². The second-order valence-electron chi connectivity index (χ2n) is 9.25. The molecule has 0 aliphatic heterocycles. The lowest BCUT2D eigenvalue weighted by atomic mass is 9.96. The van der Waals surface area contributed by atoms with E-state index in [-0.39, 0.29) is 0 Å². The van der Waals surface area contributed by atoms with Crippen molar-refractivity contribution >= 4 is 27.9 Å². The lowest BCUT2D eigenvalue weighted by molar-refractivity contribution is -0.137. The number of aliphatic imine (C=N–C) groups is 1. The number of alkyl halides is 3. The van der Waals surface area contributed by atoms with Gasteiger partial charge >= 0.3 is 6.18 Å². The summed E-state index contributed by atoms with van der Waals surface area (Å²) < 4.78 is 40.2. The molecule has 1 fully saturated rings. The first-order valence-corrected chi connectivity index (χ1v) is 15.6. The first-order chi connectivity index (χ1) is 19.2. The molecule has 2 aromatic rings. The number of halogens is 3. The molecule has 1 heterocycles. The number of aromatic nitrogens is 1. The van der Waals surface area contributed by atoms with E-state index >= 15 is 0 Å². The van der Waals surface area contributed by atoms with Gasteiger partial charge in [-0.1, -0.05) is 90.9 Å². The fourth-order valence-corrected chi connectivity index (χ4v) is 5.49. The molecule has 0 saturated heterocycles. The molecule has 0 bridgehead atoms.